The van der Waals surface area contributed by atoms with Gasteiger partial charge >= 0.3 is 12.4 Å². The van der Waals surface area contributed by atoms with Crippen LogP contribution in [0.1, 0.15) is 52.4 Å². The smallest absolute Gasteiger partial charge is 0.361 e. The minimum atomic E-state index is -5.10. The maximum atomic E-state index is 13.9. The maximum Gasteiger partial charge on any atom is 0.416 e. The van der Waals surface area contributed by atoms with Gasteiger partial charge in [0.15, 0.2) is 0 Å². The number of aromatic amines is 1. The number of benzene rings is 3. The van der Waals surface area contributed by atoms with Crippen molar-refractivity contribution in [2.45, 2.75) is 50.1 Å². The molecular formula is C37H38ClF6N5O3. The summed E-state index contributed by atoms with van der Waals surface area (Å²) in [5.74, 6) is -1.28. The van der Waals surface area contributed by atoms with Crippen molar-refractivity contribution in [3.05, 3.63) is 107 Å². The lowest BCUT2D eigenvalue weighted by Gasteiger charge is -2.44. The molecule has 0 radical (unpaired) electrons. The van der Waals surface area contributed by atoms with Gasteiger partial charge in [-0.2, -0.15) is 26.3 Å². The number of piperazine rings is 1. The van der Waals surface area contributed by atoms with Gasteiger partial charge in [-0.25, -0.2) is 0 Å². The molecule has 3 aromatic carbocycles. The van der Waals surface area contributed by atoms with E-state index in [-0.39, 0.29) is 62.9 Å². The number of aromatic nitrogens is 1. The van der Waals surface area contributed by atoms with Gasteiger partial charge in [-0.05, 0) is 54.7 Å². The normalized spacial score (nSPS) is 18.2. The third-order valence-electron chi connectivity index (χ3n) is 9.86. The van der Waals surface area contributed by atoms with Crippen molar-refractivity contribution < 1.29 is 40.7 Å². The molecule has 0 saturated carbocycles. The molecule has 2 aliphatic rings. The summed E-state index contributed by atoms with van der Waals surface area (Å²) in [6.07, 6.45) is -7.18. The van der Waals surface area contributed by atoms with E-state index >= 15 is 0 Å². The SMILES string of the molecule is CC(=O)NC1(c2ccccc2)CCN(C(=O)CN2CCN(C(=O)c3cc(C(F)(F)F)cc(C(F)(F)F)c3)[C@H](Cc3c[nH]c4ccccc34)C2)CC1.Cl. The highest BCUT2D eigenvalue weighted by Crippen LogP contribution is 2.37. The number of hydrogen-bond donors (Lipinski definition) is 2. The summed E-state index contributed by atoms with van der Waals surface area (Å²) >= 11 is 0. The van der Waals surface area contributed by atoms with Gasteiger partial charge in [0, 0.05) is 68.4 Å². The molecule has 2 aliphatic heterocycles. The van der Waals surface area contributed by atoms with Gasteiger partial charge in [0.05, 0.1) is 23.2 Å². The first-order valence-electron chi connectivity index (χ1n) is 16.6. The first-order valence-corrected chi connectivity index (χ1v) is 16.6. The highest BCUT2D eigenvalue weighted by molar-refractivity contribution is 5.95. The van der Waals surface area contributed by atoms with Crippen LogP contribution < -0.4 is 5.32 Å². The zero-order valence-electron chi connectivity index (χ0n) is 28.2. The van der Waals surface area contributed by atoms with Gasteiger partial charge in [0.25, 0.3) is 5.91 Å². The second kappa shape index (κ2) is 15.2. The number of para-hydroxylation sites is 1. The topological polar surface area (TPSA) is 88.8 Å². The summed E-state index contributed by atoms with van der Waals surface area (Å²) in [5, 5.41) is 3.96. The van der Waals surface area contributed by atoms with E-state index in [4.69, 9.17) is 0 Å². The highest BCUT2D eigenvalue weighted by Gasteiger charge is 2.41. The number of carbonyl (C=O) groups is 3. The van der Waals surface area contributed by atoms with E-state index in [1.165, 1.54) is 11.8 Å². The van der Waals surface area contributed by atoms with E-state index in [1.807, 2.05) is 59.5 Å². The molecule has 0 spiro atoms. The molecule has 6 rings (SSSR count). The first kappa shape index (κ1) is 38.7. The van der Waals surface area contributed by atoms with Gasteiger partial charge in [0.1, 0.15) is 0 Å². The number of alkyl halides is 6. The lowest BCUT2D eigenvalue weighted by Crippen LogP contribution is -2.58. The summed E-state index contributed by atoms with van der Waals surface area (Å²) < 4.78 is 82.0. The summed E-state index contributed by atoms with van der Waals surface area (Å²) in [7, 11) is 0. The largest absolute Gasteiger partial charge is 0.416 e. The summed E-state index contributed by atoms with van der Waals surface area (Å²) in [6.45, 7) is 2.58. The fourth-order valence-electron chi connectivity index (χ4n) is 7.31. The molecule has 52 heavy (non-hydrogen) atoms. The number of amides is 3. The molecule has 2 N–H and O–H groups in total. The van der Waals surface area contributed by atoms with E-state index in [2.05, 4.69) is 10.3 Å². The van der Waals surface area contributed by atoms with Crippen LogP contribution in [-0.4, -0.2) is 82.7 Å². The van der Waals surface area contributed by atoms with Gasteiger partial charge < -0.3 is 20.1 Å². The number of nitrogens with zero attached hydrogens (tertiary/aromatic N) is 3. The standard InChI is InChI=1S/C37H37F6N5O3.ClH/c1-24(49)45-35(27-7-3-2-4-8-27)11-13-47(14-12-35)33(50)23-46-15-16-48(30(22-46)19-26-21-44-32-10-6-5-9-31(26)32)34(51)25-17-28(36(38,39)40)20-29(18-25)37(41,42)43;/h2-10,17-18,20-21,30,44H,11-16,19,22-23H2,1H3,(H,45,49);1H/t30-;/m1./s1. The monoisotopic (exact) mass is 749 g/mol. The van der Waals surface area contributed by atoms with Crippen LogP contribution in [0.5, 0.6) is 0 Å². The third kappa shape index (κ3) is 8.39. The molecule has 2 saturated heterocycles. The molecule has 2 fully saturated rings. The second-order valence-corrected chi connectivity index (χ2v) is 13.3. The number of fused-ring (bicyclic) bond motifs is 1. The molecule has 3 heterocycles. The maximum absolute atomic E-state index is 13.9. The Hall–Kier alpha value is -4.56. The Labute approximate surface area is 302 Å². The Morgan fingerprint density at radius 3 is 2.08 bits per heavy atom. The molecule has 8 nitrogen and oxygen atoms in total. The number of carbonyl (C=O) groups excluding carboxylic acids is 3. The second-order valence-electron chi connectivity index (χ2n) is 13.3. The number of piperidine rings is 1. The Bertz CT molecular complexity index is 1870. The number of nitrogens with one attached hydrogen (secondary N) is 2. The van der Waals surface area contributed by atoms with E-state index in [0.717, 1.165) is 22.0 Å². The Morgan fingerprint density at radius 2 is 1.46 bits per heavy atom. The van der Waals surface area contributed by atoms with E-state index in [9.17, 15) is 40.7 Å². The molecule has 3 amide bonds. The van der Waals surface area contributed by atoms with Crippen molar-refractivity contribution in [1.82, 2.24) is 25.0 Å². The number of likely N-dealkylation sites (tertiary alicyclic amines) is 1. The number of hydrogen-bond acceptors (Lipinski definition) is 4. The highest BCUT2D eigenvalue weighted by atomic mass is 35.5. The van der Waals surface area contributed by atoms with Gasteiger partial charge in [-0.15, -0.1) is 12.4 Å². The van der Waals surface area contributed by atoms with Gasteiger partial charge in [-0.3, -0.25) is 19.3 Å². The third-order valence-corrected chi connectivity index (χ3v) is 9.86. The molecule has 4 aromatic rings. The van der Waals surface area contributed by atoms with Crippen LogP contribution in [-0.2, 0) is 33.9 Å². The van der Waals surface area contributed by atoms with Gasteiger partial charge in [-0.1, -0.05) is 48.5 Å². The molecule has 1 atom stereocenters. The molecular weight excluding hydrogens is 712 g/mol. The van der Waals surface area contributed by atoms with Crippen molar-refractivity contribution >= 4 is 41.0 Å². The molecule has 278 valence electrons. The lowest BCUT2D eigenvalue weighted by molar-refractivity contribution is -0.143. The summed E-state index contributed by atoms with van der Waals surface area (Å²) in [4.78, 5) is 47.7. The molecule has 15 heteroatoms. The molecule has 0 aliphatic carbocycles. The summed E-state index contributed by atoms with van der Waals surface area (Å²) in [5.41, 5.74) is -1.85. The zero-order chi connectivity index (χ0) is 36.6. The Morgan fingerprint density at radius 1 is 0.846 bits per heavy atom. The van der Waals surface area contributed by atoms with Crippen molar-refractivity contribution in [3.63, 3.8) is 0 Å². The average Bonchev–Trinajstić information content (AvgIpc) is 3.50. The van der Waals surface area contributed by atoms with Crippen LogP contribution in [0.3, 0.4) is 0 Å². The Balaban J connectivity index is 0.00000523. The first-order chi connectivity index (χ1) is 24.1. The average molecular weight is 750 g/mol. The van der Waals surface area contributed by atoms with E-state index in [0.29, 0.717) is 38.1 Å². The van der Waals surface area contributed by atoms with Crippen molar-refractivity contribution in [2.24, 2.45) is 0 Å². The number of halogens is 7. The zero-order valence-corrected chi connectivity index (χ0v) is 29.0. The van der Waals surface area contributed by atoms with Crippen LogP contribution >= 0.6 is 12.4 Å². The minimum Gasteiger partial charge on any atom is -0.361 e. The molecule has 1 aromatic heterocycles. The van der Waals surface area contributed by atoms with Crippen LogP contribution in [0.4, 0.5) is 26.3 Å². The van der Waals surface area contributed by atoms with Gasteiger partial charge in [0.2, 0.25) is 11.8 Å². The predicted octanol–water partition coefficient (Wildman–Crippen LogP) is 6.65. The van der Waals surface area contributed by atoms with Crippen LogP contribution in [0.15, 0.2) is 79.0 Å². The van der Waals surface area contributed by atoms with E-state index < -0.39 is 46.5 Å². The lowest BCUT2D eigenvalue weighted by atomic mass is 9.80. The van der Waals surface area contributed by atoms with E-state index in [1.54, 1.807) is 11.1 Å². The predicted molar refractivity (Wildman–Crippen MR) is 185 cm³/mol. The quantitative estimate of drug-likeness (QED) is 0.207. The summed E-state index contributed by atoms with van der Waals surface area (Å²) in [6, 6.07) is 17.3. The van der Waals surface area contributed by atoms with Crippen LogP contribution in [0, 0.1) is 0 Å². The fourth-order valence-corrected chi connectivity index (χ4v) is 7.31. The molecule has 0 unspecified atom stereocenters. The van der Waals surface area contributed by atoms with Crippen molar-refractivity contribution in [1.29, 1.82) is 0 Å². The van der Waals surface area contributed by atoms with Crippen LogP contribution in [0.25, 0.3) is 10.9 Å². The fraction of sp³-hybridized carbons (Fsp3) is 0.378. The van der Waals surface area contributed by atoms with Crippen LogP contribution in [0.2, 0.25) is 0 Å². The number of rotatable bonds is 7. The number of H-pyrrole nitrogens is 1. The molecule has 0 bridgehead atoms. The Kier molecular flexibility index (Phi) is 11.3. The minimum absolute atomic E-state index is 0. The van der Waals surface area contributed by atoms with Crippen molar-refractivity contribution in [2.75, 3.05) is 39.3 Å². The van der Waals surface area contributed by atoms with Crippen molar-refractivity contribution in [3.8, 4) is 0 Å².